The van der Waals surface area contributed by atoms with Crippen LogP contribution in [0.5, 0.6) is 5.75 Å². The van der Waals surface area contributed by atoms with Crippen LogP contribution >= 0.6 is 11.6 Å². The molecule has 1 N–H and O–H groups in total. The van der Waals surface area contributed by atoms with Crippen LogP contribution in [0, 0.1) is 0 Å². The molecule has 1 fully saturated rings. The van der Waals surface area contributed by atoms with E-state index < -0.39 is 6.04 Å². The van der Waals surface area contributed by atoms with Gasteiger partial charge in [-0.25, -0.2) is 0 Å². The Labute approximate surface area is 241 Å². The molecule has 1 saturated carbocycles. The lowest BCUT2D eigenvalue weighted by atomic mass is 9.94. The Bertz CT molecular complexity index is 1430. The topological polar surface area (TPSA) is 58.6 Å². The first-order valence-electron chi connectivity index (χ1n) is 14.1. The van der Waals surface area contributed by atoms with Crippen LogP contribution in [0.3, 0.4) is 0 Å². The highest BCUT2D eigenvalue weighted by molar-refractivity contribution is 6.31. The van der Waals surface area contributed by atoms with Crippen molar-refractivity contribution in [2.45, 2.75) is 57.2 Å². The fourth-order valence-corrected chi connectivity index (χ4v) is 5.65. The summed E-state index contributed by atoms with van der Waals surface area (Å²) in [6.07, 6.45) is 5.73. The summed E-state index contributed by atoms with van der Waals surface area (Å²) in [5.74, 6) is 0.226. The van der Waals surface area contributed by atoms with Crippen LogP contribution in [0.2, 0.25) is 5.02 Å². The first-order chi connectivity index (χ1) is 19.6. The van der Waals surface area contributed by atoms with Gasteiger partial charge in [-0.05, 0) is 41.5 Å². The number of amides is 2. The first kappa shape index (κ1) is 27.7. The third kappa shape index (κ3) is 7.02. The average Bonchev–Trinajstić information content (AvgIpc) is 2.99. The van der Waals surface area contributed by atoms with E-state index in [-0.39, 0.29) is 31.0 Å². The molecule has 0 heterocycles. The lowest BCUT2D eigenvalue weighted by Gasteiger charge is -2.33. The predicted molar refractivity (Wildman–Crippen MR) is 160 cm³/mol. The van der Waals surface area contributed by atoms with Gasteiger partial charge in [0.05, 0.1) is 0 Å². The van der Waals surface area contributed by atoms with Gasteiger partial charge < -0.3 is 15.0 Å². The normalized spacial score (nSPS) is 14.4. The van der Waals surface area contributed by atoms with Gasteiger partial charge in [-0.3, -0.25) is 9.59 Å². The second kappa shape index (κ2) is 13.5. The average molecular weight is 555 g/mol. The third-order valence-electron chi connectivity index (χ3n) is 7.62. The number of ether oxygens (including phenoxy) is 1. The lowest BCUT2D eigenvalue weighted by molar-refractivity contribution is -0.143. The van der Waals surface area contributed by atoms with E-state index in [1.165, 1.54) is 6.42 Å². The number of nitrogens with zero attached hydrogens (tertiary/aromatic N) is 1. The highest BCUT2D eigenvalue weighted by atomic mass is 35.5. The number of rotatable bonds is 10. The van der Waals surface area contributed by atoms with Gasteiger partial charge in [0, 0.05) is 29.4 Å². The van der Waals surface area contributed by atoms with Gasteiger partial charge in [-0.15, -0.1) is 0 Å². The third-order valence-corrected chi connectivity index (χ3v) is 7.99. The molecule has 5 rings (SSSR count). The molecule has 4 aromatic rings. The lowest BCUT2D eigenvalue weighted by Crippen LogP contribution is -2.53. The number of hydrogen-bond acceptors (Lipinski definition) is 3. The van der Waals surface area contributed by atoms with Crippen molar-refractivity contribution in [1.82, 2.24) is 10.2 Å². The molecule has 1 unspecified atom stereocenters. The zero-order chi connectivity index (χ0) is 27.7. The molecular formula is C34H35ClN2O3. The molecule has 2 amide bonds. The van der Waals surface area contributed by atoms with E-state index in [1.807, 2.05) is 91.0 Å². The molecule has 5 nitrogen and oxygen atoms in total. The van der Waals surface area contributed by atoms with Gasteiger partial charge in [0.2, 0.25) is 5.91 Å². The maximum atomic E-state index is 14.0. The van der Waals surface area contributed by atoms with Crippen molar-refractivity contribution < 1.29 is 14.3 Å². The van der Waals surface area contributed by atoms with Crippen LogP contribution < -0.4 is 10.1 Å². The summed E-state index contributed by atoms with van der Waals surface area (Å²) in [5.41, 5.74) is 1.77. The Morgan fingerprint density at radius 3 is 2.35 bits per heavy atom. The van der Waals surface area contributed by atoms with Crippen LogP contribution in [0.1, 0.15) is 43.2 Å². The van der Waals surface area contributed by atoms with Crippen LogP contribution in [0.4, 0.5) is 0 Å². The van der Waals surface area contributed by atoms with E-state index in [0.29, 0.717) is 17.2 Å². The molecule has 1 aliphatic carbocycles. The van der Waals surface area contributed by atoms with Crippen LogP contribution in [-0.4, -0.2) is 35.4 Å². The monoisotopic (exact) mass is 554 g/mol. The smallest absolute Gasteiger partial charge is 0.261 e. The molecule has 0 bridgehead atoms. The van der Waals surface area contributed by atoms with Gasteiger partial charge >= 0.3 is 0 Å². The minimum atomic E-state index is -0.718. The summed E-state index contributed by atoms with van der Waals surface area (Å²) in [6, 6.07) is 30.4. The zero-order valence-corrected chi connectivity index (χ0v) is 23.4. The SMILES string of the molecule is O=C(NC1CCCCC1)C(Cc1ccccc1)N(Cc1ccccc1Cl)C(=O)COc1cccc2ccccc12. The van der Waals surface area contributed by atoms with E-state index in [4.69, 9.17) is 16.3 Å². The number of halogens is 1. The summed E-state index contributed by atoms with van der Waals surface area (Å²) in [5, 5.41) is 5.80. The van der Waals surface area contributed by atoms with Crippen molar-refractivity contribution in [3.63, 3.8) is 0 Å². The Kier molecular flexibility index (Phi) is 9.35. The van der Waals surface area contributed by atoms with Crippen molar-refractivity contribution in [3.8, 4) is 5.75 Å². The summed E-state index contributed by atoms with van der Waals surface area (Å²) in [7, 11) is 0. The second-order valence-corrected chi connectivity index (χ2v) is 10.8. The summed E-state index contributed by atoms with van der Waals surface area (Å²) < 4.78 is 6.10. The van der Waals surface area contributed by atoms with E-state index in [9.17, 15) is 9.59 Å². The molecule has 0 aliphatic heterocycles. The first-order valence-corrected chi connectivity index (χ1v) is 14.4. The molecule has 0 spiro atoms. The maximum Gasteiger partial charge on any atom is 0.261 e. The molecule has 206 valence electrons. The Balaban J connectivity index is 1.44. The fourth-order valence-electron chi connectivity index (χ4n) is 5.45. The summed E-state index contributed by atoms with van der Waals surface area (Å²) >= 11 is 6.54. The van der Waals surface area contributed by atoms with Gasteiger partial charge in [0.25, 0.3) is 5.91 Å². The number of carbonyl (C=O) groups excluding carboxylic acids is 2. The molecular weight excluding hydrogens is 520 g/mol. The molecule has 1 atom stereocenters. The fraction of sp³-hybridized carbons (Fsp3) is 0.294. The molecule has 40 heavy (non-hydrogen) atoms. The van der Waals surface area contributed by atoms with Crippen molar-refractivity contribution in [2.24, 2.45) is 0 Å². The maximum absolute atomic E-state index is 14.0. The minimum absolute atomic E-state index is 0.128. The summed E-state index contributed by atoms with van der Waals surface area (Å²) in [6.45, 7) is 0.00739. The standard InChI is InChI=1S/C34H35ClN2O3/c35-30-20-10-8-15-27(30)23-37(33(38)24-40-32-21-11-16-26-14-7-9-19-29(26)32)31(22-25-12-3-1-4-13-25)34(39)36-28-17-5-2-6-18-28/h1,3-4,7-16,19-21,28,31H,2,5-6,17-18,22-24H2,(H,36,39). The van der Waals surface area contributed by atoms with Crippen LogP contribution in [-0.2, 0) is 22.6 Å². The Morgan fingerprint density at radius 1 is 0.850 bits per heavy atom. The van der Waals surface area contributed by atoms with Crippen molar-refractivity contribution in [1.29, 1.82) is 0 Å². The highest BCUT2D eigenvalue weighted by Crippen LogP contribution is 2.26. The molecule has 0 saturated heterocycles. The quantitative estimate of drug-likeness (QED) is 0.230. The Hall–Kier alpha value is -3.83. The van der Waals surface area contributed by atoms with Crippen molar-refractivity contribution >= 4 is 34.2 Å². The second-order valence-electron chi connectivity index (χ2n) is 10.4. The van der Waals surface area contributed by atoms with Crippen LogP contribution in [0.15, 0.2) is 97.1 Å². The number of hydrogen-bond donors (Lipinski definition) is 1. The molecule has 0 aromatic heterocycles. The van der Waals surface area contributed by atoms with Crippen LogP contribution in [0.25, 0.3) is 10.8 Å². The van der Waals surface area contributed by atoms with Gasteiger partial charge in [0.15, 0.2) is 6.61 Å². The summed E-state index contributed by atoms with van der Waals surface area (Å²) in [4.78, 5) is 29.5. The Morgan fingerprint density at radius 2 is 1.55 bits per heavy atom. The number of fused-ring (bicyclic) bond motifs is 1. The zero-order valence-electron chi connectivity index (χ0n) is 22.6. The van der Waals surface area contributed by atoms with Crippen molar-refractivity contribution in [3.05, 3.63) is 113 Å². The molecule has 6 heteroatoms. The highest BCUT2D eigenvalue weighted by Gasteiger charge is 2.32. The number of nitrogens with one attached hydrogen (secondary N) is 1. The largest absolute Gasteiger partial charge is 0.483 e. The van der Waals surface area contributed by atoms with Gasteiger partial charge in [-0.2, -0.15) is 0 Å². The van der Waals surface area contributed by atoms with E-state index in [1.54, 1.807) is 11.0 Å². The van der Waals surface area contributed by atoms with Gasteiger partial charge in [0.1, 0.15) is 11.8 Å². The number of benzene rings is 4. The molecule has 4 aromatic carbocycles. The molecule has 1 aliphatic rings. The van der Waals surface area contributed by atoms with E-state index in [0.717, 1.165) is 47.6 Å². The van der Waals surface area contributed by atoms with Crippen molar-refractivity contribution in [2.75, 3.05) is 6.61 Å². The van der Waals surface area contributed by atoms with Gasteiger partial charge in [-0.1, -0.05) is 116 Å². The number of carbonyl (C=O) groups is 2. The minimum Gasteiger partial charge on any atom is -0.483 e. The van der Waals surface area contributed by atoms with E-state index in [2.05, 4.69) is 5.32 Å². The predicted octanol–water partition coefficient (Wildman–Crippen LogP) is 6.96. The van der Waals surface area contributed by atoms with E-state index >= 15 is 0 Å². The molecule has 0 radical (unpaired) electrons.